The number of hydrogen-bond acceptors (Lipinski definition) is 2. The van der Waals surface area contributed by atoms with E-state index in [2.05, 4.69) is 31.8 Å². The lowest BCUT2D eigenvalue weighted by molar-refractivity contribution is 0.486. The van der Waals surface area contributed by atoms with Crippen LogP contribution in [-0.4, -0.2) is 11.0 Å². The second kappa shape index (κ2) is 4.38. The van der Waals surface area contributed by atoms with Crippen molar-refractivity contribution in [2.45, 2.75) is 33.2 Å². The van der Waals surface area contributed by atoms with Crippen LogP contribution in [-0.2, 0) is 6.42 Å². The van der Waals surface area contributed by atoms with Gasteiger partial charge in [0.2, 0.25) is 0 Å². The molecule has 2 N–H and O–H groups in total. The van der Waals surface area contributed by atoms with Gasteiger partial charge >= 0.3 is 0 Å². The highest BCUT2D eigenvalue weighted by atomic mass is 14.7. The summed E-state index contributed by atoms with van der Waals surface area (Å²) in [5.41, 5.74) is 8.31. The topological polar surface area (TPSA) is 38.9 Å². The minimum Gasteiger partial charge on any atom is -0.327 e. The van der Waals surface area contributed by atoms with E-state index in [0.717, 1.165) is 12.1 Å². The van der Waals surface area contributed by atoms with Crippen LogP contribution in [0.3, 0.4) is 0 Å². The largest absolute Gasteiger partial charge is 0.327 e. The molecule has 13 heavy (non-hydrogen) atoms. The van der Waals surface area contributed by atoms with Gasteiger partial charge < -0.3 is 5.73 Å². The highest BCUT2D eigenvalue weighted by Crippen LogP contribution is 2.07. The molecule has 0 fully saturated rings. The van der Waals surface area contributed by atoms with E-state index in [9.17, 15) is 0 Å². The Labute approximate surface area is 80.2 Å². The zero-order valence-corrected chi connectivity index (χ0v) is 8.62. The Bertz CT molecular complexity index is 269. The molecule has 0 radical (unpaired) electrons. The van der Waals surface area contributed by atoms with E-state index in [1.54, 1.807) is 0 Å². The van der Waals surface area contributed by atoms with Crippen molar-refractivity contribution >= 4 is 0 Å². The lowest BCUT2D eigenvalue weighted by Crippen LogP contribution is -2.29. The minimum atomic E-state index is 0.217. The number of rotatable bonds is 3. The van der Waals surface area contributed by atoms with E-state index in [1.807, 2.05) is 12.3 Å². The second-order valence-electron chi connectivity index (χ2n) is 3.94. The first kappa shape index (κ1) is 10.2. The van der Waals surface area contributed by atoms with E-state index >= 15 is 0 Å². The molecule has 0 spiro atoms. The van der Waals surface area contributed by atoms with Crippen LogP contribution >= 0.6 is 0 Å². The third-order valence-corrected chi connectivity index (χ3v) is 2.27. The van der Waals surface area contributed by atoms with Gasteiger partial charge in [-0.1, -0.05) is 13.8 Å². The van der Waals surface area contributed by atoms with Gasteiger partial charge in [0.05, 0.1) is 0 Å². The number of pyridine rings is 1. The lowest BCUT2D eigenvalue weighted by Gasteiger charge is -2.14. The monoisotopic (exact) mass is 178 g/mol. The average Bonchev–Trinajstić information content (AvgIpc) is 2.04. The number of nitrogens with zero attached hydrogens (tertiary/aromatic N) is 1. The van der Waals surface area contributed by atoms with Gasteiger partial charge in [0.25, 0.3) is 0 Å². The third-order valence-electron chi connectivity index (χ3n) is 2.27. The molecule has 1 rings (SSSR count). The first-order chi connectivity index (χ1) is 6.09. The van der Waals surface area contributed by atoms with E-state index in [4.69, 9.17) is 5.73 Å². The molecule has 0 bridgehead atoms. The zero-order chi connectivity index (χ0) is 9.84. The minimum absolute atomic E-state index is 0.217. The number of aromatic nitrogens is 1. The highest BCUT2D eigenvalue weighted by Gasteiger charge is 2.08. The second-order valence-corrected chi connectivity index (χ2v) is 3.94. The molecule has 0 aromatic carbocycles. The van der Waals surface area contributed by atoms with Gasteiger partial charge in [0, 0.05) is 24.4 Å². The molecule has 0 aliphatic heterocycles. The fourth-order valence-electron chi connectivity index (χ4n) is 1.19. The first-order valence-corrected chi connectivity index (χ1v) is 4.76. The summed E-state index contributed by atoms with van der Waals surface area (Å²) in [5.74, 6) is 0.516. The SMILES string of the molecule is Cc1ccnc(CC(N)C(C)C)c1. The summed E-state index contributed by atoms with van der Waals surface area (Å²) in [6.45, 7) is 6.35. The van der Waals surface area contributed by atoms with Crippen LogP contribution in [0.1, 0.15) is 25.1 Å². The summed E-state index contributed by atoms with van der Waals surface area (Å²) < 4.78 is 0. The summed E-state index contributed by atoms with van der Waals surface area (Å²) in [6.07, 6.45) is 2.72. The van der Waals surface area contributed by atoms with Gasteiger partial charge in [0.1, 0.15) is 0 Å². The molecule has 0 amide bonds. The van der Waals surface area contributed by atoms with E-state index < -0.39 is 0 Å². The van der Waals surface area contributed by atoms with E-state index in [0.29, 0.717) is 5.92 Å². The summed E-state index contributed by atoms with van der Waals surface area (Å²) in [4.78, 5) is 4.28. The molecule has 72 valence electrons. The molecule has 2 heteroatoms. The van der Waals surface area contributed by atoms with Gasteiger partial charge in [-0.15, -0.1) is 0 Å². The van der Waals surface area contributed by atoms with Crippen molar-refractivity contribution in [3.63, 3.8) is 0 Å². The van der Waals surface area contributed by atoms with Crippen LogP contribution in [0.5, 0.6) is 0 Å². The van der Waals surface area contributed by atoms with Crippen LogP contribution in [0, 0.1) is 12.8 Å². The predicted octanol–water partition coefficient (Wildman–Crippen LogP) is 1.92. The van der Waals surface area contributed by atoms with Crippen LogP contribution in [0.15, 0.2) is 18.3 Å². The molecular formula is C11H18N2. The Morgan fingerprint density at radius 2 is 2.15 bits per heavy atom. The Kier molecular flexibility index (Phi) is 3.43. The fourth-order valence-corrected chi connectivity index (χ4v) is 1.19. The number of nitrogens with two attached hydrogens (primary N) is 1. The van der Waals surface area contributed by atoms with Crippen LogP contribution < -0.4 is 5.73 Å². The Balaban J connectivity index is 2.64. The number of hydrogen-bond donors (Lipinski definition) is 1. The maximum atomic E-state index is 5.96. The molecule has 1 heterocycles. The summed E-state index contributed by atoms with van der Waals surface area (Å²) in [5, 5.41) is 0. The normalized spacial score (nSPS) is 13.3. The van der Waals surface area contributed by atoms with Crippen molar-refractivity contribution in [1.29, 1.82) is 0 Å². The Morgan fingerprint density at radius 1 is 1.46 bits per heavy atom. The van der Waals surface area contributed by atoms with Crippen molar-refractivity contribution in [2.24, 2.45) is 11.7 Å². The lowest BCUT2D eigenvalue weighted by atomic mass is 10.00. The average molecular weight is 178 g/mol. The maximum absolute atomic E-state index is 5.96. The van der Waals surface area contributed by atoms with Gasteiger partial charge in [0.15, 0.2) is 0 Å². The van der Waals surface area contributed by atoms with Gasteiger partial charge in [-0.25, -0.2) is 0 Å². The molecule has 2 nitrogen and oxygen atoms in total. The van der Waals surface area contributed by atoms with Gasteiger partial charge in [-0.2, -0.15) is 0 Å². The molecule has 1 aromatic heterocycles. The summed E-state index contributed by atoms with van der Waals surface area (Å²) in [6, 6.07) is 4.32. The quantitative estimate of drug-likeness (QED) is 0.768. The smallest absolute Gasteiger partial charge is 0.0421 e. The van der Waals surface area contributed by atoms with Crippen LogP contribution in [0.4, 0.5) is 0 Å². The molecule has 1 atom stereocenters. The standard InChI is InChI=1S/C11H18N2/c1-8(2)11(12)7-10-6-9(3)4-5-13-10/h4-6,8,11H,7,12H2,1-3H3. The Morgan fingerprint density at radius 3 is 2.69 bits per heavy atom. The first-order valence-electron chi connectivity index (χ1n) is 4.76. The predicted molar refractivity (Wildman–Crippen MR) is 55.5 cm³/mol. The number of aryl methyl sites for hydroxylation is 1. The zero-order valence-electron chi connectivity index (χ0n) is 8.62. The van der Waals surface area contributed by atoms with E-state index in [-0.39, 0.29) is 6.04 Å². The molecule has 1 unspecified atom stereocenters. The molecule has 0 saturated heterocycles. The van der Waals surface area contributed by atoms with Crippen LogP contribution in [0.25, 0.3) is 0 Å². The fraction of sp³-hybridized carbons (Fsp3) is 0.545. The van der Waals surface area contributed by atoms with Crippen LogP contribution in [0.2, 0.25) is 0 Å². The molecule has 0 saturated carbocycles. The summed E-state index contributed by atoms with van der Waals surface area (Å²) >= 11 is 0. The van der Waals surface area contributed by atoms with Gasteiger partial charge in [-0.3, -0.25) is 4.98 Å². The third kappa shape index (κ3) is 3.15. The van der Waals surface area contributed by atoms with E-state index in [1.165, 1.54) is 5.56 Å². The summed E-state index contributed by atoms with van der Waals surface area (Å²) in [7, 11) is 0. The molecule has 1 aromatic rings. The van der Waals surface area contributed by atoms with Crippen molar-refractivity contribution in [3.05, 3.63) is 29.6 Å². The van der Waals surface area contributed by atoms with Crippen molar-refractivity contribution in [2.75, 3.05) is 0 Å². The van der Waals surface area contributed by atoms with Crippen molar-refractivity contribution in [3.8, 4) is 0 Å². The van der Waals surface area contributed by atoms with Crippen molar-refractivity contribution < 1.29 is 0 Å². The molecule has 0 aliphatic carbocycles. The van der Waals surface area contributed by atoms with Crippen molar-refractivity contribution in [1.82, 2.24) is 4.98 Å². The highest BCUT2D eigenvalue weighted by molar-refractivity contribution is 5.15. The Hall–Kier alpha value is -0.890. The maximum Gasteiger partial charge on any atom is 0.0421 e. The molecular weight excluding hydrogens is 160 g/mol. The van der Waals surface area contributed by atoms with Gasteiger partial charge in [-0.05, 0) is 30.5 Å². The molecule has 0 aliphatic rings.